The van der Waals surface area contributed by atoms with Gasteiger partial charge in [0.25, 0.3) is 5.91 Å². The van der Waals surface area contributed by atoms with Crippen LogP contribution in [0.5, 0.6) is 0 Å². The van der Waals surface area contributed by atoms with Crippen molar-refractivity contribution >= 4 is 11.9 Å². The molecule has 4 nitrogen and oxygen atoms in total. The number of benzene rings is 1. The largest absolute Gasteiger partial charge is 0.478 e. The van der Waals surface area contributed by atoms with Gasteiger partial charge in [-0.3, -0.25) is 4.79 Å². The Morgan fingerprint density at radius 1 is 1.16 bits per heavy atom. The molecule has 0 fully saturated rings. The maximum absolute atomic E-state index is 12.2. The predicted octanol–water partition coefficient (Wildman–Crippen LogP) is 2.78. The molecule has 104 valence electrons. The van der Waals surface area contributed by atoms with Crippen LogP contribution in [0.15, 0.2) is 12.1 Å². The van der Waals surface area contributed by atoms with Gasteiger partial charge in [-0.25, -0.2) is 4.79 Å². The molecule has 1 aromatic carbocycles. The minimum Gasteiger partial charge on any atom is -0.478 e. The number of nitrogens with one attached hydrogen (secondary N) is 1. The Morgan fingerprint density at radius 3 is 2.16 bits per heavy atom. The second-order valence-corrected chi connectivity index (χ2v) is 5.19. The number of hydrogen-bond acceptors (Lipinski definition) is 2. The number of hydrogen-bond donors (Lipinski definition) is 2. The van der Waals surface area contributed by atoms with Crippen molar-refractivity contribution in [2.75, 3.05) is 6.54 Å². The lowest BCUT2D eigenvalue weighted by Crippen LogP contribution is -2.28. The van der Waals surface area contributed by atoms with E-state index in [-0.39, 0.29) is 17.0 Å². The first-order valence-electron chi connectivity index (χ1n) is 6.46. The fourth-order valence-electron chi connectivity index (χ4n) is 1.94. The van der Waals surface area contributed by atoms with E-state index in [0.717, 1.165) is 6.42 Å². The summed E-state index contributed by atoms with van der Waals surface area (Å²) in [4.78, 5) is 23.5. The van der Waals surface area contributed by atoms with E-state index < -0.39 is 5.97 Å². The van der Waals surface area contributed by atoms with E-state index in [9.17, 15) is 14.7 Å². The van der Waals surface area contributed by atoms with E-state index in [0.29, 0.717) is 23.6 Å². The smallest absolute Gasteiger partial charge is 0.336 e. The maximum Gasteiger partial charge on any atom is 0.336 e. The van der Waals surface area contributed by atoms with Crippen LogP contribution in [0.4, 0.5) is 0 Å². The molecule has 0 saturated heterocycles. The van der Waals surface area contributed by atoms with Crippen molar-refractivity contribution in [3.63, 3.8) is 0 Å². The molecule has 19 heavy (non-hydrogen) atoms. The summed E-state index contributed by atoms with van der Waals surface area (Å²) in [6.45, 7) is 8.17. The van der Waals surface area contributed by atoms with Gasteiger partial charge in [0.1, 0.15) is 0 Å². The lowest BCUT2D eigenvalue weighted by Gasteiger charge is -2.13. The molecule has 0 bridgehead atoms. The molecule has 0 aliphatic rings. The fourth-order valence-corrected chi connectivity index (χ4v) is 1.94. The van der Waals surface area contributed by atoms with Crippen LogP contribution < -0.4 is 5.32 Å². The van der Waals surface area contributed by atoms with Crippen molar-refractivity contribution in [1.82, 2.24) is 5.32 Å². The molecule has 4 heteroatoms. The van der Waals surface area contributed by atoms with Crippen molar-refractivity contribution in [3.05, 3.63) is 34.4 Å². The second kappa shape index (κ2) is 6.36. The number of carboxylic acid groups (broad SMARTS) is 1. The quantitative estimate of drug-likeness (QED) is 0.858. The van der Waals surface area contributed by atoms with Gasteiger partial charge in [0.05, 0.1) is 11.1 Å². The first-order valence-corrected chi connectivity index (χ1v) is 6.46. The monoisotopic (exact) mass is 263 g/mol. The summed E-state index contributed by atoms with van der Waals surface area (Å²) >= 11 is 0. The maximum atomic E-state index is 12.2. The number of carboxylic acids is 1. The highest BCUT2D eigenvalue weighted by Gasteiger charge is 2.20. The third-order valence-electron chi connectivity index (χ3n) is 3.07. The van der Waals surface area contributed by atoms with Crippen LogP contribution in [0.1, 0.15) is 52.1 Å². The summed E-state index contributed by atoms with van der Waals surface area (Å²) in [7, 11) is 0. The SMILES string of the molecule is Cc1ccc(C)c(C(=O)NCCC(C)C)c1C(=O)O. The Morgan fingerprint density at radius 2 is 1.68 bits per heavy atom. The average Bonchev–Trinajstić information content (AvgIpc) is 2.30. The van der Waals surface area contributed by atoms with Gasteiger partial charge >= 0.3 is 5.97 Å². The zero-order valence-corrected chi connectivity index (χ0v) is 11.9. The van der Waals surface area contributed by atoms with Crippen LogP contribution in [-0.2, 0) is 0 Å². The van der Waals surface area contributed by atoms with Crippen molar-refractivity contribution < 1.29 is 14.7 Å². The molecule has 0 aliphatic carbocycles. The first kappa shape index (κ1) is 15.2. The zero-order chi connectivity index (χ0) is 14.6. The standard InChI is InChI=1S/C15H21NO3/c1-9(2)7-8-16-14(17)12-10(3)5-6-11(4)13(12)15(18)19/h5-6,9H,7-8H2,1-4H3,(H,16,17)(H,18,19). The van der Waals surface area contributed by atoms with Gasteiger partial charge < -0.3 is 10.4 Å². The van der Waals surface area contributed by atoms with Gasteiger partial charge in [0, 0.05) is 6.54 Å². The number of carbonyl (C=O) groups is 2. The molecular formula is C15H21NO3. The third kappa shape index (κ3) is 3.81. The number of aryl methyl sites for hydroxylation is 2. The third-order valence-corrected chi connectivity index (χ3v) is 3.07. The molecule has 0 radical (unpaired) electrons. The molecule has 0 heterocycles. The van der Waals surface area contributed by atoms with Crippen LogP contribution in [0, 0.1) is 19.8 Å². The highest BCUT2D eigenvalue weighted by atomic mass is 16.4. The highest BCUT2D eigenvalue weighted by molar-refractivity contribution is 6.06. The van der Waals surface area contributed by atoms with Crippen LogP contribution in [0.25, 0.3) is 0 Å². The summed E-state index contributed by atoms with van der Waals surface area (Å²) in [6.07, 6.45) is 0.874. The minimum absolute atomic E-state index is 0.0991. The molecule has 1 rings (SSSR count). The Bertz CT molecular complexity index is 492. The van der Waals surface area contributed by atoms with E-state index in [1.165, 1.54) is 0 Å². The van der Waals surface area contributed by atoms with Crippen molar-refractivity contribution in [2.45, 2.75) is 34.1 Å². The Balaban J connectivity index is 3.02. The summed E-state index contributed by atoms with van der Waals surface area (Å²) in [5.74, 6) is -0.868. The van der Waals surface area contributed by atoms with Gasteiger partial charge in [0.2, 0.25) is 0 Å². The molecule has 1 amide bonds. The lowest BCUT2D eigenvalue weighted by atomic mass is 9.96. The predicted molar refractivity (Wildman–Crippen MR) is 74.7 cm³/mol. The Labute approximate surface area is 113 Å². The molecule has 2 N–H and O–H groups in total. The Hall–Kier alpha value is -1.84. The summed E-state index contributed by atoms with van der Waals surface area (Å²) in [6, 6.07) is 3.50. The van der Waals surface area contributed by atoms with Crippen LogP contribution in [-0.4, -0.2) is 23.5 Å². The average molecular weight is 263 g/mol. The summed E-state index contributed by atoms with van der Waals surface area (Å²) in [5.41, 5.74) is 1.66. The minimum atomic E-state index is -1.06. The van der Waals surface area contributed by atoms with Crippen molar-refractivity contribution in [2.24, 2.45) is 5.92 Å². The topological polar surface area (TPSA) is 66.4 Å². The molecule has 0 aliphatic heterocycles. The van der Waals surface area contributed by atoms with E-state index in [1.807, 2.05) is 0 Å². The number of amides is 1. The number of carbonyl (C=O) groups excluding carboxylic acids is 1. The number of aromatic carboxylic acids is 1. The van der Waals surface area contributed by atoms with Gasteiger partial charge in [-0.1, -0.05) is 26.0 Å². The molecule has 0 spiro atoms. The fraction of sp³-hybridized carbons (Fsp3) is 0.467. The normalized spacial score (nSPS) is 10.6. The van der Waals surface area contributed by atoms with Gasteiger partial charge in [-0.15, -0.1) is 0 Å². The van der Waals surface area contributed by atoms with Gasteiger partial charge in [-0.2, -0.15) is 0 Å². The lowest BCUT2D eigenvalue weighted by molar-refractivity contribution is 0.0690. The number of rotatable bonds is 5. The van der Waals surface area contributed by atoms with Crippen LogP contribution in [0.3, 0.4) is 0 Å². The molecule has 0 atom stereocenters. The van der Waals surface area contributed by atoms with Gasteiger partial charge in [0.15, 0.2) is 0 Å². The van der Waals surface area contributed by atoms with E-state index in [2.05, 4.69) is 19.2 Å². The summed E-state index contributed by atoms with van der Waals surface area (Å²) < 4.78 is 0. The van der Waals surface area contributed by atoms with Crippen molar-refractivity contribution in [3.8, 4) is 0 Å². The molecule has 0 unspecified atom stereocenters. The van der Waals surface area contributed by atoms with E-state index in [1.54, 1.807) is 26.0 Å². The van der Waals surface area contributed by atoms with E-state index >= 15 is 0 Å². The Kier molecular flexibility index (Phi) is 5.10. The van der Waals surface area contributed by atoms with E-state index in [4.69, 9.17) is 0 Å². The van der Waals surface area contributed by atoms with Crippen LogP contribution in [0.2, 0.25) is 0 Å². The zero-order valence-electron chi connectivity index (χ0n) is 11.9. The molecular weight excluding hydrogens is 242 g/mol. The molecule has 0 saturated carbocycles. The first-order chi connectivity index (χ1) is 8.84. The molecule has 0 aromatic heterocycles. The summed E-state index contributed by atoms with van der Waals surface area (Å²) in [5, 5.41) is 12.0. The van der Waals surface area contributed by atoms with Crippen molar-refractivity contribution in [1.29, 1.82) is 0 Å². The van der Waals surface area contributed by atoms with Crippen LogP contribution >= 0.6 is 0 Å². The molecule has 1 aromatic rings. The van der Waals surface area contributed by atoms with Gasteiger partial charge in [-0.05, 0) is 37.3 Å². The second-order valence-electron chi connectivity index (χ2n) is 5.19. The highest BCUT2D eigenvalue weighted by Crippen LogP contribution is 2.18.